The van der Waals surface area contributed by atoms with Gasteiger partial charge >= 0.3 is 5.97 Å². The molecule has 0 spiro atoms. The third kappa shape index (κ3) is 7.15. The van der Waals surface area contributed by atoms with Gasteiger partial charge in [-0.05, 0) is 37.1 Å². The maximum Gasteiger partial charge on any atom is 0.304 e. The van der Waals surface area contributed by atoms with Gasteiger partial charge in [-0.1, -0.05) is 23.7 Å². The summed E-state index contributed by atoms with van der Waals surface area (Å²) < 4.78 is 4.97. The molecule has 0 aliphatic heterocycles. The van der Waals surface area contributed by atoms with Crippen LogP contribution in [0, 0.1) is 0 Å². The fourth-order valence-corrected chi connectivity index (χ4v) is 1.98. The molecule has 0 bridgehead atoms. The molecule has 106 valence electrons. The highest BCUT2D eigenvalue weighted by molar-refractivity contribution is 6.30. The largest absolute Gasteiger partial charge is 0.481 e. The molecule has 1 unspecified atom stereocenters. The van der Waals surface area contributed by atoms with E-state index in [-0.39, 0.29) is 12.5 Å². The number of carboxylic acids is 1. The quantitative estimate of drug-likeness (QED) is 0.684. The van der Waals surface area contributed by atoms with E-state index in [1.54, 1.807) is 7.11 Å². The molecule has 5 heteroatoms. The van der Waals surface area contributed by atoms with Crippen LogP contribution >= 0.6 is 11.6 Å². The molecule has 1 atom stereocenters. The van der Waals surface area contributed by atoms with Gasteiger partial charge in [0, 0.05) is 24.8 Å². The van der Waals surface area contributed by atoms with E-state index in [9.17, 15) is 4.79 Å². The Morgan fingerprint density at radius 3 is 2.68 bits per heavy atom. The monoisotopic (exact) mass is 285 g/mol. The Kier molecular flexibility index (Phi) is 7.48. The average molecular weight is 286 g/mol. The van der Waals surface area contributed by atoms with Gasteiger partial charge in [-0.15, -0.1) is 0 Å². The number of hydrogen-bond donors (Lipinski definition) is 2. The molecule has 0 aliphatic rings. The Balaban J connectivity index is 2.48. The topological polar surface area (TPSA) is 58.6 Å². The average Bonchev–Trinajstić information content (AvgIpc) is 2.36. The molecule has 1 aromatic carbocycles. The van der Waals surface area contributed by atoms with Crippen LogP contribution in [0.15, 0.2) is 24.3 Å². The minimum atomic E-state index is -0.793. The van der Waals surface area contributed by atoms with Crippen molar-refractivity contribution in [3.63, 3.8) is 0 Å². The highest BCUT2D eigenvalue weighted by atomic mass is 35.5. The van der Waals surface area contributed by atoms with Crippen LogP contribution in [0.3, 0.4) is 0 Å². The second-order valence-corrected chi connectivity index (χ2v) is 4.86. The van der Waals surface area contributed by atoms with Crippen LogP contribution in [0.4, 0.5) is 0 Å². The van der Waals surface area contributed by atoms with Crippen LogP contribution in [0.1, 0.15) is 18.4 Å². The number of carbonyl (C=O) groups is 1. The first kappa shape index (κ1) is 16.0. The number of methoxy groups -OCH3 is 1. The van der Waals surface area contributed by atoms with Crippen molar-refractivity contribution in [3.8, 4) is 0 Å². The predicted molar refractivity (Wildman–Crippen MR) is 75.7 cm³/mol. The minimum absolute atomic E-state index is 0.0736. The van der Waals surface area contributed by atoms with Gasteiger partial charge in [-0.3, -0.25) is 4.79 Å². The standard InChI is InChI=1S/C14H20ClNO3/c1-19-8-2-7-16-13(10-14(17)18)9-11-3-5-12(15)6-4-11/h3-6,13,16H,2,7-10H2,1H3,(H,17,18). The number of benzene rings is 1. The fourth-order valence-electron chi connectivity index (χ4n) is 1.85. The van der Waals surface area contributed by atoms with Gasteiger partial charge in [0.05, 0.1) is 6.42 Å². The van der Waals surface area contributed by atoms with Crippen molar-refractivity contribution in [2.24, 2.45) is 0 Å². The highest BCUT2D eigenvalue weighted by Crippen LogP contribution is 2.12. The summed E-state index contributed by atoms with van der Waals surface area (Å²) in [7, 11) is 1.66. The molecule has 1 aromatic rings. The van der Waals surface area contributed by atoms with Crippen LogP contribution in [-0.2, 0) is 16.0 Å². The summed E-state index contributed by atoms with van der Waals surface area (Å²) in [5, 5.41) is 12.9. The van der Waals surface area contributed by atoms with Crippen molar-refractivity contribution >= 4 is 17.6 Å². The molecule has 0 amide bonds. The Labute approximate surface area is 118 Å². The lowest BCUT2D eigenvalue weighted by Crippen LogP contribution is -2.34. The summed E-state index contributed by atoms with van der Waals surface area (Å²) in [5.41, 5.74) is 1.08. The number of hydrogen-bond acceptors (Lipinski definition) is 3. The first-order valence-electron chi connectivity index (χ1n) is 6.30. The van der Waals surface area contributed by atoms with Gasteiger partial charge in [0.2, 0.25) is 0 Å². The molecule has 1 rings (SSSR count). The third-order valence-electron chi connectivity index (χ3n) is 2.77. The molecule has 0 saturated heterocycles. The SMILES string of the molecule is COCCCNC(CC(=O)O)Cc1ccc(Cl)cc1. The lowest BCUT2D eigenvalue weighted by atomic mass is 10.0. The molecule has 4 nitrogen and oxygen atoms in total. The number of ether oxygens (including phenoxy) is 1. The summed E-state index contributed by atoms with van der Waals surface area (Å²) in [6.45, 7) is 1.42. The zero-order chi connectivity index (χ0) is 14.1. The zero-order valence-corrected chi connectivity index (χ0v) is 11.8. The van der Waals surface area contributed by atoms with Gasteiger partial charge in [0.1, 0.15) is 0 Å². The number of rotatable bonds is 9. The fraction of sp³-hybridized carbons (Fsp3) is 0.500. The molecule has 0 radical (unpaired) electrons. The zero-order valence-electron chi connectivity index (χ0n) is 11.1. The van der Waals surface area contributed by atoms with Gasteiger partial charge in [-0.2, -0.15) is 0 Å². The maximum absolute atomic E-state index is 10.9. The van der Waals surface area contributed by atoms with Crippen molar-refractivity contribution in [3.05, 3.63) is 34.9 Å². The van der Waals surface area contributed by atoms with E-state index in [0.29, 0.717) is 18.1 Å². The van der Waals surface area contributed by atoms with Crippen molar-refractivity contribution in [2.45, 2.75) is 25.3 Å². The minimum Gasteiger partial charge on any atom is -0.481 e. The van der Waals surface area contributed by atoms with Crippen molar-refractivity contribution in [1.82, 2.24) is 5.32 Å². The molecule has 2 N–H and O–H groups in total. The maximum atomic E-state index is 10.9. The van der Waals surface area contributed by atoms with E-state index in [1.807, 2.05) is 24.3 Å². The lowest BCUT2D eigenvalue weighted by molar-refractivity contribution is -0.137. The van der Waals surface area contributed by atoms with E-state index < -0.39 is 5.97 Å². The molecule has 19 heavy (non-hydrogen) atoms. The van der Waals surface area contributed by atoms with Crippen molar-refractivity contribution in [1.29, 1.82) is 0 Å². The number of carboxylic acid groups (broad SMARTS) is 1. The molecule has 0 saturated carbocycles. The van der Waals surface area contributed by atoms with E-state index in [4.69, 9.17) is 21.4 Å². The lowest BCUT2D eigenvalue weighted by Gasteiger charge is -2.17. The smallest absolute Gasteiger partial charge is 0.304 e. The molecule has 0 fully saturated rings. The van der Waals surface area contributed by atoms with Gasteiger partial charge in [0.25, 0.3) is 0 Å². The van der Waals surface area contributed by atoms with Crippen molar-refractivity contribution in [2.75, 3.05) is 20.3 Å². The Bertz CT molecular complexity index is 381. The van der Waals surface area contributed by atoms with Gasteiger partial charge in [0.15, 0.2) is 0 Å². The molecular formula is C14H20ClNO3. The van der Waals surface area contributed by atoms with Crippen LogP contribution < -0.4 is 5.32 Å². The van der Waals surface area contributed by atoms with E-state index in [2.05, 4.69) is 5.32 Å². The number of nitrogens with one attached hydrogen (secondary N) is 1. The van der Waals surface area contributed by atoms with E-state index in [0.717, 1.165) is 18.5 Å². The summed E-state index contributed by atoms with van der Waals surface area (Å²) in [6, 6.07) is 7.41. The molecule has 0 heterocycles. The molecule has 0 aromatic heterocycles. The second kappa shape index (κ2) is 8.91. The first-order chi connectivity index (χ1) is 9.11. The normalized spacial score (nSPS) is 12.3. The second-order valence-electron chi connectivity index (χ2n) is 4.43. The first-order valence-corrected chi connectivity index (χ1v) is 6.68. The third-order valence-corrected chi connectivity index (χ3v) is 3.03. The van der Waals surface area contributed by atoms with Crippen LogP contribution in [0.5, 0.6) is 0 Å². The molecular weight excluding hydrogens is 266 g/mol. The highest BCUT2D eigenvalue weighted by Gasteiger charge is 2.13. The van der Waals surface area contributed by atoms with E-state index in [1.165, 1.54) is 0 Å². The summed E-state index contributed by atoms with van der Waals surface area (Å²) >= 11 is 5.83. The summed E-state index contributed by atoms with van der Waals surface area (Å²) in [5.74, 6) is -0.793. The molecule has 0 aliphatic carbocycles. The summed E-state index contributed by atoms with van der Waals surface area (Å²) in [6.07, 6.45) is 1.65. The predicted octanol–water partition coefficient (Wildman–Crippen LogP) is 2.35. The van der Waals surface area contributed by atoms with Crippen LogP contribution in [0.25, 0.3) is 0 Å². The van der Waals surface area contributed by atoms with Crippen LogP contribution in [-0.4, -0.2) is 37.4 Å². The van der Waals surface area contributed by atoms with Crippen molar-refractivity contribution < 1.29 is 14.6 Å². The van der Waals surface area contributed by atoms with Gasteiger partial charge < -0.3 is 15.2 Å². The Hall–Kier alpha value is -1.10. The van der Waals surface area contributed by atoms with E-state index >= 15 is 0 Å². The Morgan fingerprint density at radius 2 is 2.11 bits per heavy atom. The number of aliphatic carboxylic acids is 1. The van der Waals surface area contributed by atoms with Gasteiger partial charge in [-0.25, -0.2) is 0 Å². The Morgan fingerprint density at radius 1 is 1.42 bits per heavy atom. The summed E-state index contributed by atoms with van der Waals surface area (Å²) in [4.78, 5) is 10.9. The number of halogens is 1. The van der Waals surface area contributed by atoms with Crippen LogP contribution in [0.2, 0.25) is 5.02 Å².